The van der Waals surface area contributed by atoms with Gasteiger partial charge < -0.3 is 24.7 Å². The number of oxazole rings is 1. The van der Waals surface area contributed by atoms with Gasteiger partial charge in [-0.05, 0) is 57.8 Å². The van der Waals surface area contributed by atoms with E-state index in [-0.39, 0.29) is 0 Å². The van der Waals surface area contributed by atoms with Crippen molar-refractivity contribution in [3.63, 3.8) is 0 Å². The quantitative estimate of drug-likeness (QED) is 0.372. The zero-order valence-corrected chi connectivity index (χ0v) is 19.4. The van der Waals surface area contributed by atoms with E-state index < -0.39 is 0 Å². The van der Waals surface area contributed by atoms with E-state index in [1.807, 2.05) is 51.4 Å². The fraction of sp³-hybridized carbons (Fsp3) is 0.360. The Labute approximate surface area is 190 Å². The first-order valence-corrected chi connectivity index (χ1v) is 10.9. The van der Waals surface area contributed by atoms with Crippen LogP contribution in [0.4, 0.5) is 0 Å². The number of nitrogens with zero attached hydrogens (tertiary/aromatic N) is 3. The monoisotopic (exact) mass is 435 g/mol. The van der Waals surface area contributed by atoms with Crippen LogP contribution in [-0.2, 0) is 13.1 Å². The molecule has 0 saturated carbocycles. The molecule has 3 aromatic rings. The Morgan fingerprint density at radius 2 is 1.94 bits per heavy atom. The van der Waals surface area contributed by atoms with Gasteiger partial charge in [-0.15, -0.1) is 0 Å². The minimum absolute atomic E-state index is 0.523. The molecule has 3 rings (SSSR count). The second kappa shape index (κ2) is 11.9. The Hall–Kier alpha value is -3.32. The Morgan fingerprint density at radius 1 is 1.12 bits per heavy atom. The van der Waals surface area contributed by atoms with Crippen molar-refractivity contribution in [1.29, 1.82) is 0 Å². The summed E-state index contributed by atoms with van der Waals surface area (Å²) in [6.07, 6.45) is 1.68. The van der Waals surface area contributed by atoms with E-state index in [1.165, 1.54) is 5.56 Å². The third-order valence-electron chi connectivity index (χ3n) is 4.76. The highest BCUT2D eigenvalue weighted by molar-refractivity contribution is 5.79. The van der Waals surface area contributed by atoms with Gasteiger partial charge in [0.05, 0.1) is 18.8 Å². The predicted molar refractivity (Wildman–Crippen MR) is 129 cm³/mol. The highest BCUT2D eigenvalue weighted by Gasteiger charge is 2.07. The molecule has 2 aromatic carbocycles. The molecule has 2 N–H and O–H groups in total. The summed E-state index contributed by atoms with van der Waals surface area (Å²) in [6, 6.07) is 16.2. The summed E-state index contributed by atoms with van der Waals surface area (Å²) in [4.78, 5) is 11.4. The molecular weight excluding hydrogens is 402 g/mol. The molecule has 0 spiro atoms. The van der Waals surface area contributed by atoms with Crippen LogP contribution in [0.5, 0.6) is 5.75 Å². The number of hydrogen-bond donors (Lipinski definition) is 2. The molecule has 0 aliphatic carbocycles. The van der Waals surface area contributed by atoms with Gasteiger partial charge in [-0.25, -0.2) is 9.98 Å². The molecule has 0 aliphatic rings. The average molecular weight is 436 g/mol. The Balaban J connectivity index is 1.57. The zero-order valence-electron chi connectivity index (χ0n) is 19.4. The van der Waals surface area contributed by atoms with Gasteiger partial charge in [0.2, 0.25) is 5.89 Å². The van der Waals surface area contributed by atoms with Crippen molar-refractivity contribution in [2.45, 2.75) is 26.9 Å². The average Bonchev–Trinajstić information content (AvgIpc) is 3.25. The molecule has 0 saturated heterocycles. The number of aryl methyl sites for hydroxylation is 1. The molecule has 1 heterocycles. The molecule has 0 aliphatic heterocycles. The molecule has 0 amide bonds. The van der Waals surface area contributed by atoms with Gasteiger partial charge in [-0.1, -0.05) is 29.8 Å². The van der Waals surface area contributed by atoms with Gasteiger partial charge >= 0.3 is 0 Å². The first kappa shape index (κ1) is 23.3. The van der Waals surface area contributed by atoms with E-state index >= 15 is 0 Å². The number of likely N-dealkylation sites (N-methyl/N-ethyl adjacent to an activating group) is 1. The van der Waals surface area contributed by atoms with Crippen LogP contribution in [0, 0.1) is 6.92 Å². The lowest BCUT2D eigenvalue weighted by molar-refractivity contribution is 0.261. The SMILES string of the molecule is CCNC(=NCc1cccc(OCCN(C)C)c1)NCc1coc(-c2ccc(C)cc2)n1. The van der Waals surface area contributed by atoms with Crippen LogP contribution in [0.1, 0.15) is 23.7 Å². The lowest BCUT2D eigenvalue weighted by atomic mass is 10.1. The van der Waals surface area contributed by atoms with Crippen LogP contribution in [-0.4, -0.2) is 49.6 Å². The molecule has 7 nitrogen and oxygen atoms in total. The van der Waals surface area contributed by atoms with Crippen LogP contribution in [0.15, 0.2) is 64.2 Å². The second-order valence-corrected chi connectivity index (χ2v) is 7.86. The van der Waals surface area contributed by atoms with Crippen LogP contribution >= 0.6 is 0 Å². The van der Waals surface area contributed by atoms with Gasteiger partial charge in [0, 0.05) is 18.7 Å². The van der Waals surface area contributed by atoms with Crippen molar-refractivity contribution in [3.8, 4) is 17.2 Å². The van der Waals surface area contributed by atoms with E-state index in [1.54, 1.807) is 6.26 Å². The smallest absolute Gasteiger partial charge is 0.226 e. The number of hydrogen-bond acceptors (Lipinski definition) is 5. The molecule has 0 atom stereocenters. The number of aromatic nitrogens is 1. The minimum atomic E-state index is 0.523. The first-order valence-electron chi connectivity index (χ1n) is 10.9. The standard InChI is InChI=1S/C25H33N5O2/c1-5-26-25(27-16-20-7-6-8-23(15-20)31-14-13-30(3)4)28-17-22-18-32-24(29-22)21-11-9-19(2)10-12-21/h6-12,15,18H,5,13-14,16-17H2,1-4H3,(H2,26,27,28). The first-order chi connectivity index (χ1) is 15.5. The van der Waals surface area contributed by atoms with E-state index in [4.69, 9.17) is 14.1 Å². The molecular formula is C25H33N5O2. The van der Waals surface area contributed by atoms with Crippen LogP contribution in [0.3, 0.4) is 0 Å². The van der Waals surface area contributed by atoms with Crippen molar-refractivity contribution in [1.82, 2.24) is 20.5 Å². The summed E-state index contributed by atoms with van der Waals surface area (Å²) < 4.78 is 11.5. The van der Waals surface area contributed by atoms with Gasteiger partial charge in [0.1, 0.15) is 18.6 Å². The molecule has 170 valence electrons. The summed E-state index contributed by atoms with van der Waals surface area (Å²) in [7, 11) is 4.07. The number of nitrogens with one attached hydrogen (secondary N) is 2. The van der Waals surface area contributed by atoms with E-state index in [0.717, 1.165) is 41.6 Å². The predicted octanol–water partition coefficient (Wildman–Crippen LogP) is 3.85. The van der Waals surface area contributed by atoms with Crippen molar-refractivity contribution >= 4 is 5.96 Å². The Bertz CT molecular complexity index is 996. The van der Waals surface area contributed by atoms with E-state index in [9.17, 15) is 0 Å². The van der Waals surface area contributed by atoms with E-state index in [0.29, 0.717) is 25.6 Å². The Morgan fingerprint density at radius 3 is 2.69 bits per heavy atom. The molecule has 7 heteroatoms. The topological polar surface area (TPSA) is 74.9 Å². The number of benzene rings is 2. The fourth-order valence-corrected chi connectivity index (χ4v) is 2.98. The summed E-state index contributed by atoms with van der Waals surface area (Å²) in [5, 5.41) is 6.60. The third kappa shape index (κ3) is 7.42. The lowest BCUT2D eigenvalue weighted by Crippen LogP contribution is -2.36. The number of guanidine groups is 1. The van der Waals surface area contributed by atoms with Crippen molar-refractivity contribution in [2.24, 2.45) is 4.99 Å². The van der Waals surface area contributed by atoms with Crippen LogP contribution < -0.4 is 15.4 Å². The normalized spacial score (nSPS) is 11.6. The maximum absolute atomic E-state index is 5.82. The van der Waals surface area contributed by atoms with E-state index in [2.05, 4.69) is 45.6 Å². The maximum atomic E-state index is 5.82. The number of aliphatic imine (C=N–C) groups is 1. The van der Waals surface area contributed by atoms with Gasteiger partial charge in [-0.3, -0.25) is 0 Å². The molecule has 1 aromatic heterocycles. The van der Waals surface area contributed by atoms with Crippen LogP contribution in [0.25, 0.3) is 11.5 Å². The van der Waals surface area contributed by atoms with Gasteiger partial charge in [0.15, 0.2) is 5.96 Å². The van der Waals surface area contributed by atoms with Gasteiger partial charge in [0.25, 0.3) is 0 Å². The summed E-state index contributed by atoms with van der Waals surface area (Å²) in [5.74, 6) is 2.21. The second-order valence-electron chi connectivity index (χ2n) is 7.86. The zero-order chi connectivity index (χ0) is 22.8. The molecule has 0 bridgehead atoms. The largest absolute Gasteiger partial charge is 0.492 e. The molecule has 0 fully saturated rings. The van der Waals surface area contributed by atoms with Crippen LogP contribution in [0.2, 0.25) is 0 Å². The fourth-order valence-electron chi connectivity index (χ4n) is 2.98. The van der Waals surface area contributed by atoms with Gasteiger partial charge in [-0.2, -0.15) is 0 Å². The van der Waals surface area contributed by atoms with Crippen molar-refractivity contribution in [2.75, 3.05) is 33.8 Å². The molecule has 0 unspecified atom stereocenters. The molecule has 32 heavy (non-hydrogen) atoms. The third-order valence-corrected chi connectivity index (χ3v) is 4.76. The number of rotatable bonds is 10. The summed E-state index contributed by atoms with van der Waals surface area (Å²) >= 11 is 0. The van der Waals surface area contributed by atoms with Crippen molar-refractivity contribution < 1.29 is 9.15 Å². The Kier molecular flexibility index (Phi) is 8.69. The van der Waals surface area contributed by atoms with Crippen molar-refractivity contribution in [3.05, 3.63) is 71.6 Å². The lowest BCUT2D eigenvalue weighted by Gasteiger charge is -2.12. The maximum Gasteiger partial charge on any atom is 0.226 e. The molecule has 0 radical (unpaired) electrons. The highest BCUT2D eigenvalue weighted by Crippen LogP contribution is 2.19. The minimum Gasteiger partial charge on any atom is -0.492 e. The summed E-state index contributed by atoms with van der Waals surface area (Å²) in [6.45, 7) is 7.49. The number of ether oxygens (including phenoxy) is 1. The highest BCUT2D eigenvalue weighted by atomic mass is 16.5. The summed E-state index contributed by atoms with van der Waals surface area (Å²) in [5.41, 5.74) is 4.09.